The van der Waals surface area contributed by atoms with Crippen LogP contribution in [-0.4, -0.2) is 6.54 Å². The fourth-order valence-electron chi connectivity index (χ4n) is 1.93. The highest BCUT2D eigenvalue weighted by molar-refractivity contribution is 5.17. The van der Waals surface area contributed by atoms with Crippen LogP contribution in [0.2, 0.25) is 0 Å². The summed E-state index contributed by atoms with van der Waals surface area (Å²) in [6.45, 7) is 9.74. The van der Waals surface area contributed by atoms with Gasteiger partial charge in [0.2, 0.25) is 0 Å². The number of nitrogens with two attached hydrogens (primary N) is 1. The third kappa shape index (κ3) is 1.48. The zero-order valence-corrected chi connectivity index (χ0v) is 8.02. The van der Waals surface area contributed by atoms with E-state index in [1.54, 1.807) is 0 Å². The summed E-state index contributed by atoms with van der Waals surface area (Å²) < 4.78 is 0. The van der Waals surface area contributed by atoms with Crippen LogP contribution in [0.15, 0.2) is 11.6 Å². The molecule has 1 saturated carbocycles. The molecule has 11 heavy (non-hydrogen) atoms. The Labute approximate surface area is 69.7 Å². The second kappa shape index (κ2) is 2.63. The third-order valence-electron chi connectivity index (χ3n) is 2.91. The summed E-state index contributed by atoms with van der Waals surface area (Å²) in [6, 6.07) is 0. The monoisotopic (exact) mass is 153 g/mol. The molecule has 0 saturated heterocycles. The lowest BCUT2D eigenvalue weighted by molar-refractivity contribution is 0.555. The molecule has 0 aromatic heterocycles. The van der Waals surface area contributed by atoms with Crippen molar-refractivity contribution in [3.63, 3.8) is 0 Å². The van der Waals surface area contributed by atoms with Gasteiger partial charge in [-0.15, -0.1) is 0 Å². The van der Waals surface area contributed by atoms with Gasteiger partial charge < -0.3 is 5.73 Å². The second-order valence-corrected chi connectivity index (χ2v) is 4.43. The van der Waals surface area contributed by atoms with Crippen LogP contribution in [0.4, 0.5) is 0 Å². The van der Waals surface area contributed by atoms with E-state index in [-0.39, 0.29) is 0 Å². The smallest absolute Gasteiger partial charge is 0.00377 e. The van der Waals surface area contributed by atoms with Crippen molar-refractivity contribution in [1.29, 1.82) is 0 Å². The van der Waals surface area contributed by atoms with Gasteiger partial charge in [-0.1, -0.05) is 25.5 Å². The van der Waals surface area contributed by atoms with Crippen LogP contribution in [0.1, 0.15) is 27.7 Å². The van der Waals surface area contributed by atoms with Crippen LogP contribution >= 0.6 is 0 Å². The SMILES string of the molecule is CC(C)=C[C@H]1[C@@H](CN)C1(C)C. The largest absolute Gasteiger partial charge is 0.330 e. The summed E-state index contributed by atoms with van der Waals surface area (Å²) in [5, 5.41) is 0. The van der Waals surface area contributed by atoms with Crippen molar-refractivity contribution in [2.24, 2.45) is 23.0 Å². The first-order chi connectivity index (χ1) is 5.00. The van der Waals surface area contributed by atoms with Gasteiger partial charge in [0.05, 0.1) is 0 Å². The molecule has 1 rings (SSSR count). The van der Waals surface area contributed by atoms with Crippen molar-refractivity contribution in [3.05, 3.63) is 11.6 Å². The molecule has 1 aliphatic carbocycles. The van der Waals surface area contributed by atoms with Crippen LogP contribution < -0.4 is 5.73 Å². The van der Waals surface area contributed by atoms with Crippen LogP contribution in [0.3, 0.4) is 0 Å². The first-order valence-corrected chi connectivity index (χ1v) is 4.35. The zero-order valence-electron chi connectivity index (χ0n) is 8.02. The Morgan fingerprint density at radius 1 is 1.45 bits per heavy atom. The topological polar surface area (TPSA) is 26.0 Å². The van der Waals surface area contributed by atoms with E-state index in [1.807, 2.05) is 0 Å². The summed E-state index contributed by atoms with van der Waals surface area (Å²) in [4.78, 5) is 0. The van der Waals surface area contributed by atoms with Crippen LogP contribution in [-0.2, 0) is 0 Å². The molecule has 0 aromatic carbocycles. The highest BCUT2D eigenvalue weighted by Crippen LogP contribution is 2.58. The number of rotatable bonds is 2. The highest BCUT2D eigenvalue weighted by atomic mass is 14.7. The Morgan fingerprint density at radius 2 is 2.00 bits per heavy atom. The normalized spacial score (nSPS) is 33.2. The predicted octanol–water partition coefficient (Wildman–Crippen LogP) is 2.18. The van der Waals surface area contributed by atoms with E-state index in [1.165, 1.54) is 5.57 Å². The van der Waals surface area contributed by atoms with E-state index in [0.29, 0.717) is 5.41 Å². The lowest BCUT2D eigenvalue weighted by Gasteiger charge is -1.97. The summed E-state index contributed by atoms with van der Waals surface area (Å²) in [6.07, 6.45) is 2.36. The van der Waals surface area contributed by atoms with Gasteiger partial charge in [-0.05, 0) is 37.6 Å². The lowest BCUT2D eigenvalue weighted by Crippen LogP contribution is -2.05. The zero-order chi connectivity index (χ0) is 8.65. The molecule has 0 spiro atoms. The Kier molecular flexibility index (Phi) is 2.10. The molecule has 1 aliphatic rings. The molecule has 0 aromatic rings. The maximum Gasteiger partial charge on any atom is -0.00377 e. The van der Waals surface area contributed by atoms with Crippen molar-refractivity contribution in [3.8, 4) is 0 Å². The second-order valence-electron chi connectivity index (χ2n) is 4.43. The van der Waals surface area contributed by atoms with Gasteiger partial charge >= 0.3 is 0 Å². The van der Waals surface area contributed by atoms with Crippen molar-refractivity contribution < 1.29 is 0 Å². The van der Waals surface area contributed by atoms with E-state index >= 15 is 0 Å². The van der Waals surface area contributed by atoms with Crippen LogP contribution in [0.5, 0.6) is 0 Å². The van der Waals surface area contributed by atoms with Gasteiger partial charge in [-0.25, -0.2) is 0 Å². The fourth-order valence-corrected chi connectivity index (χ4v) is 1.93. The molecule has 64 valence electrons. The Hall–Kier alpha value is -0.300. The van der Waals surface area contributed by atoms with Crippen molar-refractivity contribution >= 4 is 0 Å². The number of hydrogen-bond acceptors (Lipinski definition) is 1. The molecule has 1 nitrogen and oxygen atoms in total. The molecule has 0 aliphatic heterocycles. The van der Waals surface area contributed by atoms with Gasteiger partial charge in [-0.3, -0.25) is 0 Å². The van der Waals surface area contributed by atoms with E-state index in [4.69, 9.17) is 5.73 Å². The molecule has 2 N–H and O–H groups in total. The van der Waals surface area contributed by atoms with Crippen LogP contribution in [0.25, 0.3) is 0 Å². The minimum atomic E-state index is 0.464. The molecule has 1 fully saturated rings. The van der Waals surface area contributed by atoms with Gasteiger partial charge in [-0.2, -0.15) is 0 Å². The average Bonchev–Trinajstić information content (AvgIpc) is 2.33. The van der Waals surface area contributed by atoms with Gasteiger partial charge in [0, 0.05) is 0 Å². The quantitative estimate of drug-likeness (QED) is 0.605. The molecular formula is C10H19N. The molecular weight excluding hydrogens is 134 g/mol. The number of hydrogen-bond donors (Lipinski definition) is 1. The van der Waals surface area contributed by atoms with Crippen LogP contribution in [0, 0.1) is 17.3 Å². The first-order valence-electron chi connectivity index (χ1n) is 4.35. The van der Waals surface area contributed by atoms with Gasteiger partial charge in [0.1, 0.15) is 0 Å². The van der Waals surface area contributed by atoms with E-state index in [2.05, 4.69) is 33.8 Å². The Bertz CT molecular complexity index is 175. The summed E-state index contributed by atoms with van der Waals surface area (Å²) in [5.41, 5.74) is 7.53. The highest BCUT2D eigenvalue weighted by Gasteiger charge is 2.54. The third-order valence-corrected chi connectivity index (χ3v) is 2.91. The minimum absolute atomic E-state index is 0.464. The van der Waals surface area contributed by atoms with Gasteiger partial charge in [0.25, 0.3) is 0 Å². The van der Waals surface area contributed by atoms with E-state index < -0.39 is 0 Å². The summed E-state index contributed by atoms with van der Waals surface area (Å²) in [5.74, 6) is 1.45. The molecule has 0 unspecified atom stereocenters. The van der Waals surface area contributed by atoms with Crippen molar-refractivity contribution in [2.45, 2.75) is 27.7 Å². The van der Waals surface area contributed by atoms with Crippen molar-refractivity contribution in [1.82, 2.24) is 0 Å². The molecule has 1 heteroatoms. The minimum Gasteiger partial charge on any atom is -0.330 e. The maximum atomic E-state index is 5.65. The van der Waals surface area contributed by atoms with Gasteiger partial charge in [0.15, 0.2) is 0 Å². The summed E-state index contributed by atoms with van der Waals surface area (Å²) in [7, 11) is 0. The Morgan fingerprint density at radius 3 is 2.27 bits per heavy atom. The van der Waals surface area contributed by atoms with E-state index in [9.17, 15) is 0 Å². The standard InChI is InChI=1S/C10H19N/c1-7(2)5-8-9(6-11)10(8,3)4/h5,8-9H,6,11H2,1-4H3/t8-,9+/m0/s1. The fraction of sp³-hybridized carbons (Fsp3) is 0.800. The molecule has 0 amide bonds. The predicted molar refractivity (Wildman–Crippen MR) is 49.2 cm³/mol. The first kappa shape index (κ1) is 8.79. The molecule has 0 radical (unpaired) electrons. The molecule has 0 heterocycles. The molecule has 2 atom stereocenters. The maximum absolute atomic E-state index is 5.65. The molecule has 0 bridgehead atoms. The van der Waals surface area contributed by atoms with E-state index in [0.717, 1.165) is 18.4 Å². The average molecular weight is 153 g/mol. The summed E-state index contributed by atoms with van der Waals surface area (Å²) >= 11 is 0. The van der Waals surface area contributed by atoms with Crippen molar-refractivity contribution in [2.75, 3.05) is 6.54 Å². The lowest BCUT2D eigenvalue weighted by atomic mass is 10.1. The number of allylic oxidation sites excluding steroid dienone is 2. The Balaban J connectivity index is 2.59.